The van der Waals surface area contributed by atoms with Gasteiger partial charge in [-0.05, 0) is 0 Å². The minimum Gasteiger partial charge on any atom is -0.394 e. The molecule has 0 aromatic rings. The Morgan fingerprint density at radius 1 is 1.38 bits per heavy atom. The Kier molecular flexibility index (Phi) is 3.60. The van der Waals surface area contributed by atoms with E-state index >= 15 is 0 Å². The molecule has 78 valence electrons. The van der Waals surface area contributed by atoms with Gasteiger partial charge in [0.25, 0.3) is 0 Å². The SMILES string of the molecule is CO[C@@H]1OC(CO)[C@H](O)C(O)[C@@H]1N. The van der Waals surface area contributed by atoms with Gasteiger partial charge in [0.15, 0.2) is 6.29 Å². The van der Waals surface area contributed by atoms with Crippen LogP contribution in [0.25, 0.3) is 0 Å². The maximum atomic E-state index is 9.40. The van der Waals surface area contributed by atoms with Gasteiger partial charge in [0.05, 0.1) is 12.6 Å². The van der Waals surface area contributed by atoms with E-state index in [-0.39, 0.29) is 6.61 Å². The first-order valence-electron chi connectivity index (χ1n) is 4.02. The van der Waals surface area contributed by atoms with Crippen molar-refractivity contribution < 1.29 is 24.8 Å². The number of aliphatic hydroxyl groups is 3. The molecule has 1 saturated heterocycles. The van der Waals surface area contributed by atoms with Crippen LogP contribution in [0.5, 0.6) is 0 Å². The first-order chi connectivity index (χ1) is 6.11. The molecule has 0 radical (unpaired) electrons. The van der Waals surface area contributed by atoms with Crippen LogP contribution in [-0.4, -0.2) is 59.7 Å². The summed E-state index contributed by atoms with van der Waals surface area (Å²) in [5.41, 5.74) is 5.50. The number of hydrogen-bond acceptors (Lipinski definition) is 6. The van der Waals surface area contributed by atoms with E-state index in [9.17, 15) is 10.2 Å². The Labute approximate surface area is 75.9 Å². The molecule has 0 bridgehead atoms. The average molecular weight is 193 g/mol. The van der Waals surface area contributed by atoms with Gasteiger partial charge in [0.1, 0.15) is 18.3 Å². The predicted molar refractivity (Wildman–Crippen MR) is 42.7 cm³/mol. The smallest absolute Gasteiger partial charge is 0.175 e. The summed E-state index contributed by atoms with van der Waals surface area (Å²) in [4.78, 5) is 0. The minimum absolute atomic E-state index is 0.384. The van der Waals surface area contributed by atoms with Crippen LogP contribution in [0.15, 0.2) is 0 Å². The molecule has 13 heavy (non-hydrogen) atoms. The van der Waals surface area contributed by atoms with E-state index < -0.39 is 30.6 Å². The van der Waals surface area contributed by atoms with Gasteiger partial charge in [0, 0.05) is 7.11 Å². The Morgan fingerprint density at radius 3 is 2.46 bits per heavy atom. The highest BCUT2D eigenvalue weighted by atomic mass is 16.7. The van der Waals surface area contributed by atoms with Gasteiger partial charge in [0.2, 0.25) is 0 Å². The third kappa shape index (κ3) is 1.98. The third-order valence-corrected chi connectivity index (χ3v) is 2.16. The van der Waals surface area contributed by atoms with Crippen molar-refractivity contribution in [1.82, 2.24) is 0 Å². The van der Waals surface area contributed by atoms with Crippen molar-refractivity contribution in [2.45, 2.75) is 30.6 Å². The molecule has 6 heteroatoms. The zero-order valence-corrected chi connectivity index (χ0v) is 7.33. The number of nitrogens with two attached hydrogens (primary N) is 1. The molecule has 0 aliphatic carbocycles. The van der Waals surface area contributed by atoms with Crippen molar-refractivity contribution in [2.24, 2.45) is 5.73 Å². The van der Waals surface area contributed by atoms with Gasteiger partial charge in [-0.25, -0.2) is 0 Å². The lowest BCUT2D eigenvalue weighted by Gasteiger charge is -2.39. The molecule has 0 amide bonds. The van der Waals surface area contributed by atoms with Crippen molar-refractivity contribution in [2.75, 3.05) is 13.7 Å². The number of hydrogen-bond donors (Lipinski definition) is 4. The molecule has 1 rings (SSSR count). The molecule has 1 fully saturated rings. The fourth-order valence-electron chi connectivity index (χ4n) is 1.32. The molecule has 1 aliphatic rings. The Morgan fingerprint density at radius 2 is 2.00 bits per heavy atom. The molecule has 0 aromatic heterocycles. The van der Waals surface area contributed by atoms with Gasteiger partial charge in [-0.3, -0.25) is 0 Å². The zero-order valence-electron chi connectivity index (χ0n) is 7.33. The number of rotatable bonds is 2. The normalized spacial score (nSPS) is 46.4. The van der Waals surface area contributed by atoms with Crippen LogP contribution in [-0.2, 0) is 9.47 Å². The van der Waals surface area contributed by atoms with E-state index in [1.54, 1.807) is 0 Å². The largest absolute Gasteiger partial charge is 0.394 e. The summed E-state index contributed by atoms with van der Waals surface area (Å²) in [6, 6.07) is -0.803. The Balaban J connectivity index is 2.66. The zero-order chi connectivity index (χ0) is 10.0. The van der Waals surface area contributed by atoms with Crippen molar-refractivity contribution in [1.29, 1.82) is 0 Å². The highest BCUT2D eigenvalue weighted by Crippen LogP contribution is 2.19. The number of methoxy groups -OCH3 is 1. The lowest BCUT2D eigenvalue weighted by Crippen LogP contribution is -2.62. The Hall–Kier alpha value is -0.240. The molecule has 6 nitrogen and oxygen atoms in total. The monoisotopic (exact) mass is 193 g/mol. The van der Waals surface area contributed by atoms with Gasteiger partial charge in [-0.15, -0.1) is 0 Å². The fourth-order valence-corrected chi connectivity index (χ4v) is 1.32. The molecule has 0 spiro atoms. The van der Waals surface area contributed by atoms with Gasteiger partial charge >= 0.3 is 0 Å². The van der Waals surface area contributed by atoms with Crippen LogP contribution < -0.4 is 5.73 Å². The molecule has 5 atom stereocenters. The second-order valence-electron chi connectivity index (χ2n) is 3.02. The first kappa shape index (κ1) is 10.8. The highest BCUT2D eigenvalue weighted by Gasteiger charge is 2.42. The molecule has 5 N–H and O–H groups in total. The Bertz CT molecular complexity index is 147. The van der Waals surface area contributed by atoms with E-state index in [2.05, 4.69) is 0 Å². The van der Waals surface area contributed by atoms with Gasteiger partial charge in [-0.1, -0.05) is 0 Å². The minimum atomic E-state index is -1.17. The number of aliphatic hydroxyl groups excluding tert-OH is 3. The summed E-state index contributed by atoms with van der Waals surface area (Å²) in [7, 11) is 1.38. The summed E-state index contributed by atoms with van der Waals surface area (Å²) >= 11 is 0. The van der Waals surface area contributed by atoms with E-state index in [0.29, 0.717) is 0 Å². The van der Waals surface area contributed by atoms with Gasteiger partial charge in [-0.2, -0.15) is 0 Å². The summed E-state index contributed by atoms with van der Waals surface area (Å²) < 4.78 is 9.90. The van der Waals surface area contributed by atoms with Crippen LogP contribution in [0.3, 0.4) is 0 Å². The topological polar surface area (TPSA) is 105 Å². The highest BCUT2D eigenvalue weighted by molar-refractivity contribution is 4.91. The van der Waals surface area contributed by atoms with Crippen molar-refractivity contribution in [3.05, 3.63) is 0 Å². The summed E-state index contributed by atoms with van der Waals surface area (Å²) in [6.45, 7) is -0.384. The second-order valence-corrected chi connectivity index (χ2v) is 3.02. The predicted octanol–water partition coefficient (Wildman–Crippen LogP) is -2.60. The summed E-state index contributed by atoms with van der Waals surface area (Å²) in [5.74, 6) is 0. The molecule has 0 saturated carbocycles. The lowest BCUT2D eigenvalue weighted by atomic mass is 9.98. The summed E-state index contributed by atoms with van der Waals surface area (Å²) in [5, 5.41) is 27.5. The van der Waals surface area contributed by atoms with Crippen LogP contribution in [0.2, 0.25) is 0 Å². The molecule has 1 heterocycles. The fraction of sp³-hybridized carbons (Fsp3) is 1.00. The molecular formula is C7H15NO5. The first-order valence-corrected chi connectivity index (χ1v) is 4.02. The third-order valence-electron chi connectivity index (χ3n) is 2.16. The van der Waals surface area contributed by atoms with E-state index in [4.69, 9.17) is 20.3 Å². The lowest BCUT2D eigenvalue weighted by molar-refractivity contribution is -0.257. The second kappa shape index (κ2) is 4.32. The van der Waals surface area contributed by atoms with Crippen LogP contribution in [0.1, 0.15) is 0 Å². The number of ether oxygens (including phenoxy) is 2. The van der Waals surface area contributed by atoms with Crippen LogP contribution >= 0.6 is 0 Å². The van der Waals surface area contributed by atoms with E-state index in [1.807, 2.05) is 0 Å². The summed E-state index contributed by atoms with van der Waals surface area (Å²) in [6.07, 6.45) is -3.96. The standard InChI is InChI=1S/C7H15NO5/c1-12-7-4(8)6(11)5(10)3(2-9)13-7/h3-7,9-11H,2,8H2,1H3/t3?,4-,5-,6?,7+/m0/s1. The maximum absolute atomic E-state index is 9.40. The van der Waals surface area contributed by atoms with Crippen LogP contribution in [0, 0.1) is 0 Å². The quantitative estimate of drug-likeness (QED) is 0.383. The molecule has 2 unspecified atom stereocenters. The van der Waals surface area contributed by atoms with Crippen LogP contribution in [0.4, 0.5) is 0 Å². The maximum Gasteiger partial charge on any atom is 0.175 e. The molecule has 0 aromatic carbocycles. The molecule has 1 aliphatic heterocycles. The van der Waals surface area contributed by atoms with E-state index in [1.165, 1.54) is 7.11 Å². The van der Waals surface area contributed by atoms with Crippen molar-refractivity contribution in [3.8, 4) is 0 Å². The average Bonchev–Trinajstić information content (AvgIpc) is 2.15. The molecular weight excluding hydrogens is 178 g/mol. The van der Waals surface area contributed by atoms with Crippen molar-refractivity contribution >= 4 is 0 Å². The van der Waals surface area contributed by atoms with Crippen molar-refractivity contribution in [3.63, 3.8) is 0 Å². The van der Waals surface area contributed by atoms with Gasteiger partial charge < -0.3 is 30.5 Å². The van der Waals surface area contributed by atoms with E-state index in [0.717, 1.165) is 0 Å².